The van der Waals surface area contributed by atoms with Crippen LogP contribution in [0, 0.1) is 17.4 Å². The van der Waals surface area contributed by atoms with Crippen LogP contribution in [0.25, 0.3) is 5.57 Å². The predicted octanol–water partition coefficient (Wildman–Crippen LogP) is 8.17. The number of hydrogen-bond donors (Lipinski definition) is 2. The van der Waals surface area contributed by atoms with Gasteiger partial charge in [-0.1, -0.05) is 18.2 Å². The van der Waals surface area contributed by atoms with E-state index in [1.165, 1.54) is 33.9 Å². The van der Waals surface area contributed by atoms with Crippen LogP contribution in [0.1, 0.15) is 36.1 Å². The van der Waals surface area contributed by atoms with Crippen molar-refractivity contribution in [1.29, 1.82) is 0 Å². The Morgan fingerprint density at radius 2 is 1.25 bits per heavy atom. The molecule has 0 aliphatic heterocycles. The molecule has 7 nitrogen and oxygen atoms in total. The number of nitrogens with zero attached hydrogens (tertiary/aromatic N) is 1. The van der Waals surface area contributed by atoms with Crippen molar-refractivity contribution < 1.29 is 41.0 Å². The average molecular weight is 840 g/mol. The minimum atomic E-state index is -4.23. The summed E-state index contributed by atoms with van der Waals surface area (Å²) in [6.45, 7) is 11.8. The van der Waals surface area contributed by atoms with Crippen LogP contribution in [0.15, 0.2) is 137 Å². The van der Waals surface area contributed by atoms with Gasteiger partial charge in [-0.05, 0) is 12.1 Å². The molecule has 256 valence electrons. The number of hydrogen-bond acceptors (Lipinski definition) is 5. The molecule has 0 spiro atoms. The molecule has 4 aromatic rings. The number of anilines is 1. The summed E-state index contributed by atoms with van der Waals surface area (Å²) in [4.78, 5) is 1.94. The molecule has 0 saturated heterocycles. The third-order valence-electron chi connectivity index (χ3n) is 6.91. The van der Waals surface area contributed by atoms with Crippen LogP contribution in [0.2, 0.25) is 0 Å². The van der Waals surface area contributed by atoms with Gasteiger partial charge in [0.2, 0.25) is 0 Å². The van der Waals surface area contributed by atoms with Gasteiger partial charge in [-0.2, -0.15) is 42.3 Å². The van der Waals surface area contributed by atoms with E-state index >= 15 is 0 Å². The van der Waals surface area contributed by atoms with Crippen molar-refractivity contribution in [2.45, 2.75) is 30.2 Å². The Bertz CT molecular complexity index is 2020. The summed E-state index contributed by atoms with van der Waals surface area (Å²) < 4.78 is 64.0. The van der Waals surface area contributed by atoms with Gasteiger partial charge in [0, 0.05) is 4.90 Å². The van der Waals surface area contributed by atoms with E-state index < -0.39 is 20.2 Å². The maximum absolute atomic E-state index is 11.5. The Labute approximate surface area is 305 Å². The van der Waals surface area contributed by atoms with Crippen molar-refractivity contribution in [3.63, 3.8) is 0 Å². The summed E-state index contributed by atoms with van der Waals surface area (Å²) in [6, 6.07) is 29.1. The van der Waals surface area contributed by atoms with E-state index in [4.69, 9.17) is 19.6 Å². The fourth-order valence-electron chi connectivity index (χ4n) is 4.68. The van der Waals surface area contributed by atoms with Gasteiger partial charge in [0.15, 0.2) is 0 Å². The molecule has 0 bridgehead atoms. The second-order valence-corrected chi connectivity index (χ2v) is 14.8. The van der Waals surface area contributed by atoms with Crippen molar-refractivity contribution >= 4 is 58.6 Å². The van der Waals surface area contributed by atoms with E-state index in [0.29, 0.717) is 12.1 Å². The molecule has 0 radical (unpaired) electrons. The summed E-state index contributed by atoms with van der Waals surface area (Å²) in [6.07, 6.45) is 8.08. The molecule has 0 aromatic heterocycles. The molecular formula is C37H36INNiO6S2-2. The Balaban J connectivity index is 0.000000405. The zero-order valence-corrected chi connectivity index (χ0v) is 31.1. The summed E-state index contributed by atoms with van der Waals surface area (Å²) in [5, 5.41) is 0. The maximum Gasteiger partial charge on any atom is 0.282 e. The Hall–Kier alpha value is -3.32. The van der Waals surface area contributed by atoms with Gasteiger partial charge in [-0.3, -0.25) is 9.11 Å². The zero-order valence-electron chi connectivity index (χ0n) is 26.4. The quantitative estimate of drug-likeness (QED) is 0.0798. The smallest absolute Gasteiger partial charge is 0.282 e. The van der Waals surface area contributed by atoms with E-state index in [-0.39, 0.29) is 9.79 Å². The largest absolute Gasteiger partial charge is 0.346 e. The third-order valence-corrected chi connectivity index (χ3v) is 9.66. The summed E-state index contributed by atoms with van der Waals surface area (Å²) in [7, 11) is -8.30. The van der Waals surface area contributed by atoms with Gasteiger partial charge < -0.3 is 6.92 Å². The standard InChI is InChI=1S/C28H24INO3S.C7H7O3S.C2H5.Ni/c1-2-30(20-21-7-6-10-27(19-21)34(31,32)33)26-17-13-24(14-18-26)28(22-8-4-3-5-9-22)23-11-15-25(29)16-12-23;1-6-3-2-4-7(5-6)11(8,9)10;1-2;/h4-19H,2,20H2,1H3,(H,31,32,33);2-5H,1H2,(H,8,9,10);1H2,2H3;/q;2*-1;. The molecule has 2 N–H and O–H groups in total. The molecule has 11 heteroatoms. The third kappa shape index (κ3) is 11.4. The van der Waals surface area contributed by atoms with Crippen molar-refractivity contribution in [3.05, 3.63) is 167 Å². The minimum absolute atomic E-state index is 0.0935. The molecule has 0 heterocycles. The number of benzene rings is 4. The Morgan fingerprint density at radius 1 is 0.750 bits per heavy atom. The van der Waals surface area contributed by atoms with Crippen molar-refractivity contribution in [2.75, 3.05) is 11.4 Å². The van der Waals surface area contributed by atoms with Crippen LogP contribution in [-0.4, -0.2) is 37.0 Å². The molecule has 1 aliphatic rings. The van der Waals surface area contributed by atoms with Crippen LogP contribution in [0.4, 0.5) is 5.69 Å². The fraction of sp³-hybridized carbons (Fsp3) is 0.108. The molecule has 0 unspecified atom stereocenters. The molecular weight excluding hydrogens is 804 g/mol. The zero-order chi connectivity index (χ0) is 35.5. The fourth-order valence-corrected chi connectivity index (χ4v) is 6.30. The van der Waals surface area contributed by atoms with Crippen molar-refractivity contribution in [3.8, 4) is 0 Å². The minimum Gasteiger partial charge on any atom is -0.346 e. The normalized spacial score (nSPS) is 12.4. The van der Waals surface area contributed by atoms with Crippen LogP contribution in [0.3, 0.4) is 0 Å². The van der Waals surface area contributed by atoms with Gasteiger partial charge in [0.1, 0.15) is 0 Å². The molecule has 0 atom stereocenters. The monoisotopic (exact) mass is 839 g/mol. The molecule has 0 saturated carbocycles. The molecule has 48 heavy (non-hydrogen) atoms. The molecule has 0 fully saturated rings. The number of halogens is 1. The second kappa shape index (κ2) is 17.9. The molecule has 4 aromatic carbocycles. The van der Waals surface area contributed by atoms with Gasteiger partial charge in [0.05, 0.1) is 4.90 Å². The number of allylic oxidation sites excluding steroid dienone is 5. The molecule has 5 rings (SSSR count). The van der Waals surface area contributed by atoms with Gasteiger partial charge in [-0.25, -0.2) is 0 Å². The van der Waals surface area contributed by atoms with E-state index in [1.54, 1.807) is 19.1 Å². The average Bonchev–Trinajstić information content (AvgIpc) is 3.06. The second-order valence-electron chi connectivity index (χ2n) is 10.2. The van der Waals surface area contributed by atoms with E-state index in [1.807, 2.05) is 18.2 Å². The number of rotatable bonds is 8. The van der Waals surface area contributed by atoms with Crippen LogP contribution in [-0.2, 0) is 41.8 Å². The van der Waals surface area contributed by atoms with E-state index in [0.717, 1.165) is 44.6 Å². The maximum atomic E-state index is 11.5. The first-order chi connectivity index (χ1) is 22.7. The summed E-state index contributed by atoms with van der Waals surface area (Å²) >= 11 is 7.28. The van der Waals surface area contributed by atoms with Crippen LogP contribution >= 0.6 is 22.6 Å². The molecule has 1 aliphatic carbocycles. The van der Waals surface area contributed by atoms with E-state index in [2.05, 4.69) is 109 Å². The summed E-state index contributed by atoms with van der Waals surface area (Å²) in [5.74, 6) is 0. The first-order valence-corrected chi connectivity index (χ1v) is 19.1. The first kappa shape index (κ1) is 39.1. The van der Waals surface area contributed by atoms with Crippen LogP contribution < -0.4 is 4.90 Å². The van der Waals surface area contributed by atoms with Gasteiger partial charge in [-0.15, -0.1) is 12.1 Å². The predicted molar refractivity (Wildman–Crippen MR) is 200 cm³/mol. The van der Waals surface area contributed by atoms with E-state index in [9.17, 15) is 21.4 Å². The van der Waals surface area contributed by atoms with Crippen LogP contribution in [0.5, 0.6) is 0 Å². The Kier molecular flexibility index (Phi) is 14.6. The Morgan fingerprint density at radius 3 is 1.73 bits per heavy atom. The SMILES string of the molecule is CCN(Cc1cccc(S(=O)(=O)O)c1)c1ccc(C(=C2C=C[C](=[Ni])C=C2)c2ccc(I)cc2)cc1.[CH2-]C.[CH2-]c1cccc(S(=O)(=O)O)c1. The van der Waals surface area contributed by atoms with Gasteiger partial charge in [0.25, 0.3) is 20.2 Å². The van der Waals surface area contributed by atoms with Gasteiger partial charge >= 0.3 is 177 Å². The summed E-state index contributed by atoms with van der Waals surface area (Å²) in [5.41, 5.74) is 6.86. The first-order valence-electron chi connectivity index (χ1n) is 14.6. The molecule has 0 amide bonds. The topological polar surface area (TPSA) is 112 Å². The van der Waals surface area contributed by atoms with Crippen molar-refractivity contribution in [1.82, 2.24) is 0 Å². The van der Waals surface area contributed by atoms with Crippen molar-refractivity contribution in [2.24, 2.45) is 0 Å².